The maximum Gasteiger partial charge on any atom is 0.238 e. The van der Waals surface area contributed by atoms with Gasteiger partial charge in [0.05, 0.1) is 34.7 Å². The topological polar surface area (TPSA) is 66.5 Å². The molecule has 2 aromatic rings. The van der Waals surface area contributed by atoms with Gasteiger partial charge in [-0.05, 0) is 42.0 Å². The fourth-order valence-electron chi connectivity index (χ4n) is 4.88. The summed E-state index contributed by atoms with van der Waals surface area (Å²) in [6.07, 6.45) is 5.24. The van der Waals surface area contributed by atoms with E-state index in [2.05, 4.69) is 17.5 Å². The van der Waals surface area contributed by atoms with Crippen LogP contribution in [0.5, 0.6) is 0 Å². The molecule has 2 aliphatic carbocycles. The van der Waals surface area contributed by atoms with Crippen molar-refractivity contribution in [2.24, 2.45) is 23.7 Å². The predicted molar refractivity (Wildman–Crippen MR) is 110 cm³/mol. The number of amides is 3. The number of hydrogen-bond acceptors (Lipinski definition) is 3. The molecule has 6 heteroatoms. The molecule has 0 aromatic heterocycles. The average molecular weight is 407 g/mol. The molecule has 29 heavy (non-hydrogen) atoms. The van der Waals surface area contributed by atoms with Crippen molar-refractivity contribution in [1.82, 2.24) is 0 Å². The fourth-order valence-corrected chi connectivity index (χ4v) is 5.05. The van der Waals surface area contributed by atoms with Crippen molar-refractivity contribution >= 4 is 40.7 Å². The third kappa shape index (κ3) is 2.97. The molecule has 1 saturated carbocycles. The lowest BCUT2D eigenvalue weighted by atomic mass is 9.85. The fraction of sp³-hybridized carbons (Fsp3) is 0.261. The Labute approximate surface area is 173 Å². The van der Waals surface area contributed by atoms with E-state index in [1.807, 2.05) is 30.3 Å². The lowest BCUT2D eigenvalue weighted by Gasteiger charge is -2.19. The number of rotatable bonds is 4. The van der Waals surface area contributed by atoms with E-state index < -0.39 is 0 Å². The molecule has 3 aliphatic rings. The van der Waals surface area contributed by atoms with E-state index in [-0.39, 0.29) is 47.8 Å². The van der Waals surface area contributed by atoms with Gasteiger partial charge in [-0.15, -0.1) is 0 Å². The molecule has 146 valence electrons. The summed E-state index contributed by atoms with van der Waals surface area (Å²) in [7, 11) is 0. The number of benzene rings is 2. The molecule has 1 N–H and O–H groups in total. The van der Waals surface area contributed by atoms with Crippen LogP contribution in [0.2, 0.25) is 5.02 Å². The standard InChI is InChI=1S/C23H19ClN2O3/c24-17-9-8-16(12-18(17)25-19(27)10-13-4-2-1-3-5-13)26-22(28)20-14-6-7-15(11-14)21(20)23(26)29/h1-9,12,14-15,20-21H,10-11H2,(H,25,27)/t14-,15+,20-,21-/m0/s1. The van der Waals surface area contributed by atoms with Gasteiger partial charge < -0.3 is 5.32 Å². The first kappa shape index (κ1) is 18.1. The van der Waals surface area contributed by atoms with Crippen LogP contribution in [0.1, 0.15) is 12.0 Å². The number of nitrogens with one attached hydrogen (secondary N) is 1. The third-order valence-corrected chi connectivity index (χ3v) is 6.49. The Balaban J connectivity index is 1.38. The summed E-state index contributed by atoms with van der Waals surface area (Å²) in [4.78, 5) is 39.7. The predicted octanol–water partition coefficient (Wildman–Crippen LogP) is 3.83. The Kier molecular flexibility index (Phi) is 4.28. The molecular formula is C23H19ClN2O3. The highest BCUT2D eigenvalue weighted by molar-refractivity contribution is 6.34. The monoisotopic (exact) mass is 406 g/mol. The number of carbonyl (C=O) groups is 3. The van der Waals surface area contributed by atoms with E-state index in [0.717, 1.165) is 12.0 Å². The van der Waals surface area contributed by atoms with E-state index in [0.29, 0.717) is 16.4 Å². The van der Waals surface area contributed by atoms with Gasteiger partial charge in [0.1, 0.15) is 0 Å². The second-order valence-corrected chi connectivity index (χ2v) is 8.29. The number of imide groups is 1. The van der Waals surface area contributed by atoms with E-state index in [1.165, 1.54) is 4.90 Å². The number of hydrogen-bond donors (Lipinski definition) is 1. The van der Waals surface area contributed by atoms with Crippen molar-refractivity contribution in [2.45, 2.75) is 12.8 Å². The van der Waals surface area contributed by atoms with Gasteiger partial charge in [0.2, 0.25) is 17.7 Å². The van der Waals surface area contributed by atoms with Gasteiger partial charge in [-0.25, -0.2) is 4.90 Å². The number of fused-ring (bicyclic) bond motifs is 5. The normalized spacial score (nSPS) is 26.9. The van der Waals surface area contributed by atoms with Crippen LogP contribution in [0.25, 0.3) is 0 Å². The van der Waals surface area contributed by atoms with Crippen molar-refractivity contribution in [3.8, 4) is 0 Å². The number of nitrogens with zero attached hydrogens (tertiary/aromatic N) is 1. The highest BCUT2D eigenvalue weighted by atomic mass is 35.5. The van der Waals surface area contributed by atoms with Crippen molar-refractivity contribution < 1.29 is 14.4 Å². The molecule has 1 aliphatic heterocycles. The van der Waals surface area contributed by atoms with Crippen LogP contribution in [0.3, 0.4) is 0 Å². The molecule has 1 saturated heterocycles. The molecule has 3 amide bonds. The van der Waals surface area contributed by atoms with Crippen LogP contribution >= 0.6 is 11.6 Å². The first-order valence-corrected chi connectivity index (χ1v) is 10.1. The number of allylic oxidation sites excluding steroid dienone is 2. The highest BCUT2D eigenvalue weighted by Crippen LogP contribution is 2.53. The second-order valence-electron chi connectivity index (χ2n) is 7.89. The molecule has 0 spiro atoms. The Bertz CT molecular complexity index is 1020. The minimum absolute atomic E-state index is 0.152. The minimum Gasteiger partial charge on any atom is -0.324 e. The largest absolute Gasteiger partial charge is 0.324 e. The molecule has 0 radical (unpaired) electrons. The van der Waals surface area contributed by atoms with Gasteiger partial charge in [0.25, 0.3) is 0 Å². The van der Waals surface area contributed by atoms with Crippen LogP contribution in [0, 0.1) is 23.7 Å². The van der Waals surface area contributed by atoms with Crippen LogP contribution < -0.4 is 10.2 Å². The molecular weight excluding hydrogens is 388 g/mol. The lowest BCUT2D eigenvalue weighted by Crippen LogP contribution is -2.32. The van der Waals surface area contributed by atoms with Crippen molar-refractivity contribution in [3.63, 3.8) is 0 Å². The Morgan fingerprint density at radius 3 is 2.31 bits per heavy atom. The summed E-state index contributed by atoms with van der Waals surface area (Å²) in [5.41, 5.74) is 1.73. The van der Waals surface area contributed by atoms with Gasteiger partial charge in [0.15, 0.2) is 0 Å². The SMILES string of the molecule is O=C(Cc1ccccc1)Nc1cc(N2C(=O)[C@@H]3[C@@H](C2=O)[C@H]2C=C[C@@H]3C2)ccc1Cl. The number of carbonyl (C=O) groups excluding carboxylic acids is 3. The van der Waals surface area contributed by atoms with Gasteiger partial charge in [-0.2, -0.15) is 0 Å². The van der Waals surface area contributed by atoms with Gasteiger partial charge >= 0.3 is 0 Å². The first-order valence-electron chi connectivity index (χ1n) is 9.72. The maximum atomic E-state index is 13.0. The molecule has 1 heterocycles. The van der Waals surface area contributed by atoms with E-state index >= 15 is 0 Å². The zero-order valence-electron chi connectivity index (χ0n) is 15.5. The lowest BCUT2D eigenvalue weighted by molar-refractivity contribution is -0.123. The second kappa shape index (κ2) is 6.85. The Morgan fingerprint density at radius 1 is 1.00 bits per heavy atom. The highest BCUT2D eigenvalue weighted by Gasteiger charge is 2.59. The Morgan fingerprint density at radius 2 is 1.66 bits per heavy atom. The average Bonchev–Trinajstić information content (AvgIpc) is 3.38. The van der Waals surface area contributed by atoms with E-state index in [1.54, 1.807) is 18.2 Å². The minimum atomic E-state index is -0.260. The zero-order chi connectivity index (χ0) is 20.1. The smallest absolute Gasteiger partial charge is 0.238 e. The van der Waals surface area contributed by atoms with E-state index in [9.17, 15) is 14.4 Å². The van der Waals surface area contributed by atoms with E-state index in [4.69, 9.17) is 11.6 Å². The summed E-state index contributed by atoms with van der Waals surface area (Å²) < 4.78 is 0. The quantitative estimate of drug-likeness (QED) is 0.619. The molecule has 2 bridgehead atoms. The number of anilines is 2. The maximum absolute atomic E-state index is 13.0. The summed E-state index contributed by atoms with van der Waals surface area (Å²) in [5.74, 6) is -0.726. The molecule has 4 atom stereocenters. The summed E-state index contributed by atoms with van der Waals surface area (Å²) in [6, 6.07) is 14.3. The summed E-state index contributed by atoms with van der Waals surface area (Å²) in [5, 5.41) is 3.16. The molecule has 0 unspecified atom stereocenters. The molecule has 2 aromatic carbocycles. The van der Waals surface area contributed by atoms with Crippen LogP contribution in [-0.4, -0.2) is 17.7 Å². The van der Waals surface area contributed by atoms with Gasteiger partial charge in [-0.3, -0.25) is 14.4 Å². The van der Waals surface area contributed by atoms with Crippen molar-refractivity contribution in [2.75, 3.05) is 10.2 Å². The van der Waals surface area contributed by atoms with Crippen molar-refractivity contribution in [1.29, 1.82) is 0 Å². The van der Waals surface area contributed by atoms with Gasteiger partial charge in [-0.1, -0.05) is 54.1 Å². The van der Waals surface area contributed by atoms with Crippen LogP contribution in [0.4, 0.5) is 11.4 Å². The number of halogens is 1. The third-order valence-electron chi connectivity index (χ3n) is 6.16. The summed E-state index contributed by atoms with van der Waals surface area (Å²) in [6.45, 7) is 0. The zero-order valence-corrected chi connectivity index (χ0v) is 16.3. The summed E-state index contributed by atoms with van der Waals surface area (Å²) >= 11 is 6.26. The first-order chi connectivity index (χ1) is 14.0. The molecule has 5 nitrogen and oxygen atoms in total. The van der Waals surface area contributed by atoms with Gasteiger partial charge in [0, 0.05) is 0 Å². The van der Waals surface area contributed by atoms with Crippen LogP contribution in [0.15, 0.2) is 60.7 Å². The molecule has 2 fully saturated rings. The molecule has 5 rings (SSSR count). The van der Waals surface area contributed by atoms with Crippen molar-refractivity contribution in [3.05, 3.63) is 71.3 Å². The van der Waals surface area contributed by atoms with Crippen LogP contribution in [-0.2, 0) is 20.8 Å². The Hall–Kier alpha value is -2.92.